The number of hydrogen-bond donors (Lipinski definition) is 2. The molecule has 0 saturated carbocycles. The molecule has 0 heterocycles. The highest BCUT2D eigenvalue weighted by molar-refractivity contribution is 7.84. The molecule has 0 spiro atoms. The molecule has 0 aliphatic rings. The van der Waals surface area contributed by atoms with Gasteiger partial charge < -0.3 is 5.11 Å². The number of rotatable bonds is 7. The third kappa shape index (κ3) is 5.26. The van der Waals surface area contributed by atoms with Crippen LogP contribution in [0.2, 0.25) is 0 Å². The molecule has 2 rings (SSSR count). The highest BCUT2D eigenvalue weighted by Gasteiger charge is 2.24. The van der Waals surface area contributed by atoms with Gasteiger partial charge in [-0.2, -0.15) is 0 Å². The zero-order valence-corrected chi connectivity index (χ0v) is 15.5. The van der Waals surface area contributed by atoms with Crippen molar-refractivity contribution in [2.24, 2.45) is 0 Å². The summed E-state index contributed by atoms with van der Waals surface area (Å²) in [7, 11) is -1.15. The van der Waals surface area contributed by atoms with Crippen LogP contribution in [0.1, 0.15) is 43.5 Å². The van der Waals surface area contributed by atoms with Gasteiger partial charge in [0.25, 0.3) is 0 Å². The van der Waals surface area contributed by atoms with E-state index in [4.69, 9.17) is 0 Å². The minimum Gasteiger partial charge on any atom is -0.396 e. The molecule has 130 valence electrons. The van der Waals surface area contributed by atoms with Gasteiger partial charge in [0, 0.05) is 12.6 Å². The summed E-state index contributed by atoms with van der Waals surface area (Å²) < 4.78 is 15.6. The third-order valence-corrected chi connectivity index (χ3v) is 5.54. The topological polar surface area (TPSA) is 49.3 Å². The quantitative estimate of drug-likeness (QED) is 0.806. The summed E-state index contributed by atoms with van der Waals surface area (Å²) in [5.41, 5.74) is 3.44. The van der Waals surface area contributed by atoms with Crippen molar-refractivity contribution in [3.8, 4) is 0 Å². The fraction of sp³-hybridized carbons (Fsp3) is 0.400. The van der Waals surface area contributed by atoms with E-state index in [2.05, 4.69) is 22.9 Å². The Morgan fingerprint density at radius 1 is 1.00 bits per heavy atom. The van der Waals surface area contributed by atoms with Gasteiger partial charge in [0.15, 0.2) is 0 Å². The molecule has 4 heteroatoms. The molecule has 24 heavy (non-hydrogen) atoms. The van der Waals surface area contributed by atoms with Crippen LogP contribution in [0.25, 0.3) is 0 Å². The molecular formula is C20H27NO2S. The summed E-state index contributed by atoms with van der Waals surface area (Å²) in [6.45, 7) is 6.04. The van der Waals surface area contributed by atoms with E-state index in [1.54, 1.807) is 0 Å². The van der Waals surface area contributed by atoms with Crippen molar-refractivity contribution in [1.82, 2.24) is 4.72 Å². The first kappa shape index (κ1) is 18.8. The first-order valence-electron chi connectivity index (χ1n) is 8.32. The summed E-state index contributed by atoms with van der Waals surface area (Å²) in [5, 5.41) is 9.28. The Morgan fingerprint density at radius 3 is 2.17 bits per heavy atom. The Balaban J connectivity index is 2.29. The van der Waals surface area contributed by atoms with Gasteiger partial charge in [-0.25, -0.2) is 8.93 Å². The maximum absolute atomic E-state index is 12.6. The van der Waals surface area contributed by atoms with Crippen molar-refractivity contribution >= 4 is 11.0 Å². The van der Waals surface area contributed by atoms with Crippen LogP contribution in [0, 0.1) is 0 Å². The molecule has 0 amide bonds. The van der Waals surface area contributed by atoms with Gasteiger partial charge >= 0.3 is 0 Å². The van der Waals surface area contributed by atoms with Crippen molar-refractivity contribution in [2.45, 2.75) is 44.4 Å². The molecule has 0 aliphatic heterocycles. The second-order valence-corrected chi connectivity index (χ2v) is 8.91. The van der Waals surface area contributed by atoms with Crippen LogP contribution in [0.4, 0.5) is 0 Å². The van der Waals surface area contributed by atoms with Crippen molar-refractivity contribution in [2.75, 3.05) is 6.61 Å². The molecule has 0 fully saturated rings. The Labute approximate surface area is 147 Å². The fourth-order valence-corrected chi connectivity index (χ4v) is 3.39. The molecular weight excluding hydrogens is 318 g/mol. The van der Waals surface area contributed by atoms with E-state index in [0.29, 0.717) is 6.42 Å². The second-order valence-electron chi connectivity index (χ2n) is 6.91. The number of hydrogen-bond acceptors (Lipinski definition) is 2. The van der Waals surface area contributed by atoms with E-state index in [0.717, 1.165) is 17.5 Å². The minimum atomic E-state index is -1.15. The van der Waals surface area contributed by atoms with Crippen LogP contribution in [0.15, 0.2) is 54.6 Å². The van der Waals surface area contributed by atoms with E-state index < -0.39 is 11.0 Å². The van der Waals surface area contributed by atoms with E-state index in [-0.39, 0.29) is 17.4 Å². The molecule has 0 radical (unpaired) electrons. The molecule has 2 aromatic carbocycles. The molecule has 2 N–H and O–H groups in total. The van der Waals surface area contributed by atoms with Gasteiger partial charge in [-0.05, 0) is 50.3 Å². The zero-order chi connectivity index (χ0) is 17.6. The van der Waals surface area contributed by atoms with Crippen molar-refractivity contribution in [3.63, 3.8) is 0 Å². The number of aliphatic hydroxyl groups is 1. The molecule has 1 unspecified atom stereocenters. The van der Waals surface area contributed by atoms with Crippen LogP contribution >= 0.6 is 0 Å². The average molecular weight is 346 g/mol. The molecule has 2 aromatic rings. The number of aliphatic hydroxyl groups excluding tert-OH is 1. The Bertz CT molecular complexity index is 665. The molecule has 3 nitrogen and oxygen atoms in total. The summed E-state index contributed by atoms with van der Waals surface area (Å²) >= 11 is 0. The lowest BCUT2D eigenvalue weighted by Crippen LogP contribution is -2.36. The van der Waals surface area contributed by atoms with E-state index in [1.165, 1.54) is 5.56 Å². The monoisotopic (exact) mass is 345 g/mol. The summed E-state index contributed by atoms with van der Waals surface area (Å²) in [6, 6.07) is 18.2. The van der Waals surface area contributed by atoms with E-state index >= 15 is 0 Å². The lowest BCUT2D eigenvalue weighted by atomic mass is 9.95. The standard InChI is InChI=1S/C20H27NO2S/c1-20(2,3)24(23)21-19(17-10-5-4-6-11-17)15-18-12-8-7-9-16(18)13-14-22/h4-12,19,21-22H,13-15H2,1-3H3/t19-,24?/m1/s1. The van der Waals surface area contributed by atoms with Crippen LogP contribution in [0.5, 0.6) is 0 Å². The minimum absolute atomic E-state index is 0.0360. The van der Waals surface area contributed by atoms with E-state index in [1.807, 2.05) is 57.2 Å². The van der Waals surface area contributed by atoms with Gasteiger partial charge in [0.2, 0.25) is 0 Å². The van der Waals surface area contributed by atoms with E-state index in [9.17, 15) is 9.32 Å². The van der Waals surface area contributed by atoms with Crippen molar-refractivity contribution in [1.29, 1.82) is 0 Å². The summed E-state index contributed by atoms with van der Waals surface area (Å²) in [6.07, 6.45) is 1.38. The van der Waals surface area contributed by atoms with Crippen LogP contribution in [-0.4, -0.2) is 20.7 Å². The predicted octanol–water partition coefficient (Wildman–Crippen LogP) is 3.56. The molecule has 0 bridgehead atoms. The van der Waals surface area contributed by atoms with Crippen molar-refractivity contribution in [3.05, 3.63) is 71.3 Å². The molecule has 2 atom stereocenters. The smallest absolute Gasteiger partial charge is 0.0976 e. The van der Waals surface area contributed by atoms with Crippen molar-refractivity contribution < 1.29 is 9.32 Å². The summed E-state index contributed by atoms with van der Waals surface area (Å²) in [4.78, 5) is 0. The molecule has 0 aromatic heterocycles. The van der Waals surface area contributed by atoms with Gasteiger partial charge in [-0.15, -0.1) is 0 Å². The first-order chi connectivity index (χ1) is 11.4. The number of benzene rings is 2. The molecule has 0 saturated heterocycles. The third-order valence-electron chi connectivity index (χ3n) is 3.93. The number of nitrogens with one attached hydrogen (secondary N) is 1. The highest BCUT2D eigenvalue weighted by atomic mass is 32.2. The van der Waals surface area contributed by atoms with Gasteiger partial charge in [0.05, 0.1) is 15.7 Å². The maximum atomic E-state index is 12.6. The Morgan fingerprint density at radius 2 is 1.58 bits per heavy atom. The SMILES string of the molecule is CC(C)(C)S(=O)N[C@H](Cc1ccccc1CCO)c1ccccc1. The normalized spacial score (nSPS) is 14.3. The average Bonchev–Trinajstić information content (AvgIpc) is 2.56. The molecule has 0 aliphatic carbocycles. The lowest BCUT2D eigenvalue weighted by Gasteiger charge is -2.25. The van der Waals surface area contributed by atoms with Crippen LogP contribution in [0.3, 0.4) is 0 Å². The van der Waals surface area contributed by atoms with Crippen LogP contribution in [-0.2, 0) is 23.8 Å². The van der Waals surface area contributed by atoms with Gasteiger partial charge in [-0.1, -0.05) is 54.6 Å². The lowest BCUT2D eigenvalue weighted by molar-refractivity contribution is 0.299. The maximum Gasteiger partial charge on any atom is 0.0976 e. The van der Waals surface area contributed by atoms with Gasteiger partial charge in [-0.3, -0.25) is 0 Å². The predicted molar refractivity (Wildman–Crippen MR) is 101 cm³/mol. The fourth-order valence-electron chi connectivity index (χ4n) is 2.56. The largest absolute Gasteiger partial charge is 0.396 e. The Hall–Kier alpha value is -1.49. The second kappa shape index (κ2) is 8.56. The highest BCUT2D eigenvalue weighted by Crippen LogP contribution is 2.23. The zero-order valence-electron chi connectivity index (χ0n) is 14.7. The first-order valence-corrected chi connectivity index (χ1v) is 9.47. The Kier molecular flexibility index (Phi) is 6.72. The van der Waals surface area contributed by atoms with Crippen LogP contribution < -0.4 is 4.72 Å². The van der Waals surface area contributed by atoms with Gasteiger partial charge in [0.1, 0.15) is 0 Å². The summed E-state index contributed by atoms with van der Waals surface area (Å²) in [5.74, 6) is 0.